The summed E-state index contributed by atoms with van der Waals surface area (Å²) in [5.41, 5.74) is 3.04. The van der Waals surface area contributed by atoms with Gasteiger partial charge in [0, 0.05) is 18.7 Å². The molecular weight excluding hydrogens is 375 g/mol. The van der Waals surface area contributed by atoms with Crippen LogP contribution in [0.2, 0.25) is 0 Å². The molecule has 0 aliphatic carbocycles. The Morgan fingerprint density at radius 1 is 1.18 bits per heavy atom. The highest BCUT2D eigenvalue weighted by atomic mass is 32.2. The molecule has 5 nitrogen and oxygen atoms in total. The average molecular weight is 399 g/mol. The second-order valence-electron chi connectivity index (χ2n) is 6.38. The molecule has 146 valence electrons. The first-order valence-electron chi connectivity index (χ1n) is 9.21. The predicted octanol–water partition coefficient (Wildman–Crippen LogP) is 3.86. The van der Waals surface area contributed by atoms with Crippen LogP contribution in [0.5, 0.6) is 0 Å². The van der Waals surface area contributed by atoms with Crippen molar-refractivity contribution in [1.29, 1.82) is 0 Å². The van der Waals surface area contributed by atoms with Crippen molar-refractivity contribution in [3.63, 3.8) is 0 Å². The number of thioether (sulfide) groups is 1. The van der Waals surface area contributed by atoms with Crippen LogP contribution in [-0.4, -0.2) is 33.0 Å². The van der Waals surface area contributed by atoms with E-state index in [-0.39, 0.29) is 17.5 Å². The van der Waals surface area contributed by atoms with E-state index in [0.717, 1.165) is 34.2 Å². The molecule has 0 aliphatic rings. The number of rotatable bonds is 8. The van der Waals surface area contributed by atoms with Gasteiger partial charge in [-0.15, -0.1) is 10.2 Å². The highest BCUT2D eigenvalue weighted by Gasteiger charge is 2.15. The van der Waals surface area contributed by atoms with Crippen molar-refractivity contribution >= 4 is 17.7 Å². The quantitative estimate of drug-likeness (QED) is 0.586. The SMILES string of the molecule is CCn1c(SCC(=O)NCCc2cccc(F)c2)nnc1-c1ccccc1C. The van der Waals surface area contributed by atoms with Crippen LogP contribution < -0.4 is 5.32 Å². The molecule has 0 radical (unpaired) electrons. The van der Waals surface area contributed by atoms with Gasteiger partial charge in [-0.2, -0.15) is 0 Å². The highest BCUT2D eigenvalue weighted by molar-refractivity contribution is 7.99. The maximum atomic E-state index is 13.2. The van der Waals surface area contributed by atoms with Gasteiger partial charge in [0.2, 0.25) is 5.91 Å². The van der Waals surface area contributed by atoms with Gasteiger partial charge < -0.3 is 9.88 Å². The van der Waals surface area contributed by atoms with Gasteiger partial charge in [0.15, 0.2) is 11.0 Å². The van der Waals surface area contributed by atoms with Crippen molar-refractivity contribution in [3.05, 3.63) is 65.5 Å². The zero-order valence-electron chi connectivity index (χ0n) is 16.0. The molecule has 0 atom stereocenters. The lowest BCUT2D eigenvalue weighted by Gasteiger charge is -2.09. The fraction of sp³-hybridized carbons (Fsp3) is 0.286. The Bertz CT molecular complexity index is 957. The number of halogens is 1. The van der Waals surface area contributed by atoms with Crippen molar-refractivity contribution in [2.75, 3.05) is 12.3 Å². The van der Waals surface area contributed by atoms with E-state index >= 15 is 0 Å². The zero-order chi connectivity index (χ0) is 19.9. The summed E-state index contributed by atoms with van der Waals surface area (Å²) < 4.78 is 15.2. The molecule has 0 unspecified atom stereocenters. The Balaban J connectivity index is 1.56. The first kappa shape index (κ1) is 20.1. The van der Waals surface area contributed by atoms with Crippen molar-refractivity contribution in [3.8, 4) is 11.4 Å². The minimum Gasteiger partial charge on any atom is -0.355 e. The first-order chi connectivity index (χ1) is 13.6. The molecule has 0 fully saturated rings. The van der Waals surface area contributed by atoms with Crippen LogP contribution in [0.4, 0.5) is 4.39 Å². The zero-order valence-corrected chi connectivity index (χ0v) is 16.8. The number of aromatic nitrogens is 3. The number of hydrogen-bond acceptors (Lipinski definition) is 4. The Hall–Kier alpha value is -2.67. The van der Waals surface area contributed by atoms with Gasteiger partial charge in [0.1, 0.15) is 5.82 Å². The van der Waals surface area contributed by atoms with Crippen molar-refractivity contribution in [1.82, 2.24) is 20.1 Å². The third kappa shape index (κ3) is 4.98. The first-order valence-corrected chi connectivity index (χ1v) is 10.2. The Kier molecular flexibility index (Phi) is 6.81. The smallest absolute Gasteiger partial charge is 0.230 e. The average Bonchev–Trinajstić information content (AvgIpc) is 3.09. The third-order valence-corrected chi connectivity index (χ3v) is 5.34. The number of nitrogens with zero attached hydrogens (tertiary/aromatic N) is 3. The number of amides is 1. The fourth-order valence-corrected chi connectivity index (χ4v) is 3.76. The number of nitrogens with one attached hydrogen (secondary N) is 1. The summed E-state index contributed by atoms with van der Waals surface area (Å²) in [7, 11) is 0. The van der Waals surface area contributed by atoms with Crippen molar-refractivity contribution in [2.45, 2.75) is 32.0 Å². The van der Waals surface area contributed by atoms with Gasteiger partial charge >= 0.3 is 0 Å². The van der Waals surface area contributed by atoms with Gasteiger partial charge in [-0.3, -0.25) is 4.79 Å². The molecule has 1 aromatic heterocycles. The summed E-state index contributed by atoms with van der Waals surface area (Å²) in [5.74, 6) is 0.733. The summed E-state index contributed by atoms with van der Waals surface area (Å²) in [6.07, 6.45) is 0.594. The van der Waals surface area contributed by atoms with Gasteiger partial charge in [-0.1, -0.05) is 48.2 Å². The van der Waals surface area contributed by atoms with E-state index in [1.807, 2.05) is 48.7 Å². The highest BCUT2D eigenvalue weighted by Crippen LogP contribution is 2.26. The number of carbonyl (C=O) groups excluding carboxylic acids is 1. The molecule has 0 bridgehead atoms. The number of benzene rings is 2. The normalized spacial score (nSPS) is 10.8. The molecule has 1 N–H and O–H groups in total. The Morgan fingerprint density at radius 2 is 2.00 bits per heavy atom. The maximum absolute atomic E-state index is 13.2. The minimum atomic E-state index is -0.261. The van der Waals surface area contributed by atoms with Crippen LogP contribution in [0.1, 0.15) is 18.1 Å². The molecule has 0 saturated carbocycles. The molecule has 0 aliphatic heterocycles. The summed E-state index contributed by atoms with van der Waals surface area (Å²) >= 11 is 1.37. The van der Waals surface area contributed by atoms with E-state index < -0.39 is 0 Å². The van der Waals surface area contributed by atoms with Gasteiger partial charge in [-0.25, -0.2) is 4.39 Å². The number of aryl methyl sites for hydroxylation is 1. The van der Waals surface area contributed by atoms with E-state index in [1.165, 1.54) is 23.9 Å². The van der Waals surface area contributed by atoms with Crippen LogP contribution in [-0.2, 0) is 17.8 Å². The van der Waals surface area contributed by atoms with Crippen molar-refractivity contribution < 1.29 is 9.18 Å². The summed E-state index contributed by atoms with van der Waals surface area (Å²) in [6, 6.07) is 14.5. The van der Waals surface area contributed by atoms with Crippen molar-refractivity contribution in [2.24, 2.45) is 0 Å². The second kappa shape index (κ2) is 9.50. The molecule has 3 rings (SSSR count). The molecule has 1 heterocycles. The van der Waals surface area contributed by atoms with Crippen LogP contribution >= 0.6 is 11.8 Å². The fourth-order valence-electron chi connectivity index (χ4n) is 2.92. The lowest BCUT2D eigenvalue weighted by atomic mass is 10.1. The monoisotopic (exact) mass is 398 g/mol. The topological polar surface area (TPSA) is 59.8 Å². The standard InChI is InChI=1S/C21H23FN4OS/c1-3-26-20(18-10-5-4-7-15(18)2)24-25-21(26)28-14-19(27)23-12-11-16-8-6-9-17(22)13-16/h4-10,13H,3,11-12,14H2,1-2H3,(H,23,27). The number of carbonyl (C=O) groups is 1. The maximum Gasteiger partial charge on any atom is 0.230 e. The van der Waals surface area contributed by atoms with E-state index in [1.54, 1.807) is 6.07 Å². The Labute approximate surface area is 168 Å². The largest absolute Gasteiger partial charge is 0.355 e. The Morgan fingerprint density at radius 3 is 2.75 bits per heavy atom. The van der Waals surface area contributed by atoms with E-state index in [4.69, 9.17) is 0 Å². The predicted molar refractivity (Wildman–Crippen MR) is 110 cm³/mol. The van der Waals surface area contributed by atoms with Gasteiger partial charge in [0.05, 0.1) is 5.75 Å². The molecule has 28 heavy (non-hydrogen) atoms. The lowest BCUT2D eigenvalue weighted by molar-refractivity contribution is -0.118. The van der Waals surface area contributed by atoms with E-state index in [0.29, 0.717) is 13.0 Å². The van der Waals surface area contributed by atoms with Crippen LogP contribution in [0, 0.1) is 12.7 Å². The minimum absolute atomic E-state index is 0.0792. The van der Waals surface area contributed by atoms with Crippen LogP contribution in [0.15, 0.2) is 53.7 Å². The summed E-state index contributed by atoms with van der Waals surface area (Å²) in [5, 5.41) is 12.2. The van der Waals surface area contributed by atoms with Crippen LogP contribution in [0.3, 0.4) is 0 Å². The molecule has 0 saturated heterocycles. The molecule has 7 heteroatoms. The van der Waals surface area contributed by atoms with Gasteiger partial charge in [0.25, 0.3) is 0 Å². The van der Waals surface area contributed by atoms with E-state index in [9.17, 15) is 9.18 Å². The number of hydrogen-bond donors (Lipinski definition) is 1. The molecule has 1 amide bonds. The summed E-state index contributed by atoms with van der Waals surface area (Å²) in [4.78, 5) is 12.1. The molecule has 2 aromatic carbocycles. The molecule has 0 spiro atoms. The van der Waals surface area contributed by atoms with E-state index in [2.05, 4.69) is 15.5 Å². The van der Waals surface area contributed by atoms with Gasteiger partial charge in [-0.05, 0) is 43.5 Å². The molecular formula is C21H23FN4OS. The van der Waals surface area contributed by atoms with Crippen LogP contribution in [0.25, 0.3) is 11.4 Å². The summed E-state index contributed by atoms with van der Waals surface area (Å²) in [6.45, 7) is 5.27. The second-order valence-corrected chi connectivity index (χ2v) is 7.33. The molecule has 3 aromatic rings. The third-order valence-electron chi connectivity index (χ3n) is 4.38. The lowest BCUT2D eigenvalue weighted by Crippen LogP contribution is -2.27.